The number of benzene rings is 10. The van der Waals surface area contributed by atoms with E-state index in [2.05, 4.69) is 203 Å². The maximum absolute atomic E-state index is 6.66. The molecule has 14 rings (SSSR count). The van der Waals surface area contributed by atoms with Crippen LogP contribution in [0.1, 0.15) is 0 Å². The van der Waals surface area contributed by atoms with Crippen LogP contribution in [-0.2, 0) is 0 Å². The van der Waals surface area contributed by atoms with Crippen molar-refractivity contribution in [2.24, 2.45) is 0 Å². The molecule has 0 N–H and O–H groups in total. The number of para-hydroxylation sites is 2. The Bertz CT molecular complexity index is 4120. The SMILES string of the molecule is c1ccc(-n2c3ccc(-c4cccc5oc6ccc(-n7c8ccccc8c8c9ccccc9ccc87)cc6c45)cc3c3c4ccccc4c4c5ccccc5sc4c32)cc1. The Hall–Kier alpha value is -7.66. The lowest BCUT2D eigenvalue weighted by molar-refractivity contribution is 0.669. The molecule has 60 heavy (non-hydrogen) atoms. The minimum atomic E-state index is 0.882. The molecule has 4 heterocycles. The van der Waals surface area contributed by atoms with Crippen molar-refractivity contribution in [1.29, 1.82) is 0 Å². The molecule has 0 aliphatic rings. The van der Waals surface area contributed by atoms with Crippen LogP contribution in [0.15, 0.2) is 199 Å². The molecule has 4 heteroatoms. The summed E-state index contributed by atoms with van der Waals surface area (Å²) in [5, 5.41) is 15.0. The van der Waals surface area contributed by atoms with Crippen molar-refractivity contribution in [3.05, 3.63) is 194 Å². The van der Waals surface area contributed by atoms with Gasteiger partial charge in [-0.3, -0.25) is 0 Å². The Morgan fingerprint density at radius 2 is 1.08 bits per heavy atom. The summed E-state index contributed by atoms with van der Waals surface area (Å²) in [4.78, 5) is 0. The molecule has 10 aromatic carbocycles. The summed E-state index contributed by atoms with van der Waals surface area (Å²) in [5.74, 6) is 0. The molecule has 0 spiro atoms. The summed E-state index contributed by atoms with van der Waals surface area (Å²) in [6, 6.07) is 71.0. The summed E-state index contributed by atoms with van der Waals surface area (Å²) in [6.45, 7) is 0. The van der Waals surface area contributed by atoms with E-state index in [4.69, 9.17) is 4.42 Å². The third kappa shape index (κ3) is 4.27. The van der Waals surface area contributed by atoms with Gasteiger partial charge in [0, 0.05) is 59.2 Å². The van der Waals surface area contributed by atoms with Crippen LogP contribution >= 0.6 is 11.3 Å². The number of rotatable bonds is 3. The van der Waals surface area contributed by atoms with Crippen molar-refractivity contribution in [1.82, 2.24) is 9.13 Å². The first-order valence-electron chi connectivity index (χ1n) is 20.5. The summed E-state index contributed by atoms with van der Waals surface area (Å²) in [7, 11) is 0. The normalized spacial score (nSPS) is 12.3. The molecule has 0 unspecified atom stereocenters. The van der Waals surface area contributed by atoms with Gasteiger partial charge in [-0.15, -0.1) is 11.3 Å². The molecule has 4 aromatic heterocycles. The number of nitrogens with zero attached hydrogens (tertiary/aromatic N) is 2. The fourth-order valence-corrected chi connectivity index (χ4v) is 11.7. The highest BCUT2D eigenvalue weighted by molar-refractivity contribution is 7.27. The minimum absolute atomic E-state index is 0.882. The quantitative estimate of drug-likeness (QED) is 0.175. The number of furan rings is 1. The summed E-state index contributed by atoms with van der Waals surface area (Å²) in [6.07, 6.45) is 0. The lowest BCUT2D eigenvalue weighted by Gasteiger charge is -2.10. The van der Waals surface area contributed by atoms with Crippen LogP contribution < -0.4 is 0 Å². The van der Waals surface area contributed by atoms with Crippen LogP contribution in [-0.4, -0.2) is 9.13 Å². The summed E-state index contributed by atoms with van der Waals surface area (Å²) >= 11 is 1.90. The molecular weight excluding hydrogens is 749 g/mol. The Morgan fingerprint density at radius 1 is 0.367 bits per heavy atom. The molecule has 278 valence electrons. The smallest absolute Gasteiger partial charge is 0.136 e. The molecule has 0 fully saturated rings. The Morgan fingerprint density at radius 3 is 1.97 bits per heavy atom. The van der Waals surface area contributed by atoms with E-state index in [0.717, 1.165) is 44.4 Å². The number of aromatic nitrogens is 2. The standard InChI is InChI=1S/C56H32N2OS/c1-2-14-35(15-3-1)58-46-28-26-34(31-43(46)53-39-17-6-7-18-40(39)54-42-20-9-11-24-50(42)60-56(54)55(53)58)38-21-12-23-49-52(38)44-32-36(27-30-48(44)59-49)57-45-22-10-8-19-41(45)51-37-16-5-4-13-33(37)25-29-47(51)57/h1-32H. The topological polar surface area (TPSA) is 23.0 Å². The Labute approximate surface area is 347 Å². The number of fused-ring (bicyclic) bond motifs is 18. The van der Waals surface area contributed by atoms with E-state index >= 15 is 0 Å². The molecule has 3 nitrogen and oxygen atoms in total. The molecule has 0 atom stereocenters. The number of hydrogen-bond acceptors (Lipinski definition) is 2. The second-order valence-electron chi connectivity index (χ2n) is 16.0. The molecule has 14 aromatic rings. The van der Waals surface area contributed by atoms with Crippen LogP contribution in [0, 0.1) is 0 Å². The van der Waals surface area contributed by atoms with E-state index in [1.54, 1.807) is 0 Å². The first-order chi connectivity index (χ1) is 29.8. The van der Waals surface area contributed by atoms with Crippen molar-refractivity contribution in [3.63, 3.8) is 0 Å². The van der Waals surface area contributed by atoms with Gasteiger partial charge >= 0.3 is 0 Å². The highest BCUT2D eigenvalue weighted by Crippen LogP contribution is 2.49. The number of hydrogen-bond donors (Lipinski definition) is 0. The molecule has 0 aliphatic heterocycles. The minimum Gasteiger partial charge on any atom is -0.456 e. The van der Waals surface area contributed by atoms with Crippen LogP contribution in [0.4, 0.5) is 0 Å². The fraction of sp³-hybridized carbons (Fsp3) is 0. The van der Waals surface area contributed by atoms with Crippen LogP contribution in [0.3, 0.4) is 0 Å². The van der Waals surface area contributed by atoms with Crippen molar-refractivity contribution < 1.29 is 4.42 Å². The third-order valence-electron chi connectivity index (χ3n) is 12.9. The maximum Gasteiger partial charge on any atom is 0.136 e. The zero-order valence-electron chi connectivity index (χ0n) is 32.2. The van der Waals surface area contributed by atoms with Crippen LogP contribution in [0.2, 0.25) is 0 Å². The van der Waals surface area contributed by atoms with Gasteiger partial charge in [0.2, 0.25) is 0 Å². The predicted octanol–water partition coefficient (Wildman–Crippen LogP) is 16.1. The van der Waals surface area contributed by atoms with E-state index in [-0.39, 0.29) is 0 Å². The summed E-state index contributed by atoms with van der Waals surface area (Å²) in [5.41, 5.74) is 11.2. The molecule has 0 aliphatic carbocycles. The van der Waals surface area contributed by atoms with Crippen molar-refractivity contribution in [3.8, 4) is 22.5 Å². The highest BCUT2D eigenvalue weighted by atomic mass is 32.1. The van der Waals surface area contributed by atoms with Crippen LogP contribution in [0.5, 0.6) is 0 Å². The molecule has 0 amide bonds. The lowest BCUT2D eigenvalue weighted by atomic mass is 9.95. The monoisotopic (exact) mass is 780 g/mol. The predicted molar refractivity (Wildman–Crippen MR) is 256 cm³/mol. The van der Waals surface area contributed by atoms with Gasteiger partial charge in [-0.25, -0.2) is 0 Å². The molecular formula is C56H32N2OS. The van der Waals surface area contributed by atoms with Crippen molar-refractivity contribution in [2.75, 3.05) is 0 Å². The van der Waals surface area contributed by atoms with Crippen molar-refractivity contribution in [2.45, 2.75) is 0 Å². The van der Waals surface area contributed by atoms with Gasteiger partial charge < -0.3 is 13.6 Å². The van der Waals surface area contributed by atoms with Gasteiger partial charge in [0.05, 0.1) is 26.8 Å². The molecule has 0 bridgehead atoms. The fourth-order valence-electron chi connectivity index (χ4n) is 10.4. The summed E-state index contributed by atoms with van der Waals surface area (Å²) < 4.78 is 14.2. The van der Waals surface area contributed by atoms with Gasteiger partial charge in [0.25, 0.3) is 0 Å². The van der Waals surface area contributed by atoms with Crippen molar-refractivity contribution >= 4 is 119 Å². The number of thiophene rings is 1. The Kier molecular flexibility index (Phi) is 6.44. The van der Waals surface area contributed by atoms with Gasteiger partial charge in [-0.1, -0.05) is 127 Å². The third-order valence-corrected chi connectivity index (χ3v) is 14.0. The van der Waals surface area contributed by atoms with Gasteiger partial charge in [-0.2, -0.15) is 0 Å². The Balaban J connectivity index is 1.06. The van der Waals surface area contributed by atoms with E-state index in [1.807, 2.05) is 11.3 Å². The zero-order valence-corrected chi connectivity index (χ0v) is 33.0. The van der Waals surface area contributed by atoms with E-state index in [9.17, 15) is 0 Å². The van der Waals surface area contributed by atoms with E-state index in [0.29, 0.717) is 0 Å². The largest absolute Gasteiger partial charge is 0.456 e. The highest BCUT2D eigenvalue weighted by Gasteiger charge is 2.23. The second-order valence-corrected chi connectivity index (χ2v) is 17.0. The van der Waals surface area contributed by atoms with Gasteiger partial charge in [-0.05, 0) is 99.4 Å². The zero-order chi connectivity index (χ0) is 39.1. The lowest BCUT2D eigenvalue weighted by Crippen LogP contribution is -1.93. The maximum atomic E-state index is 6.66. The van der Waals surface area contributed by atoms with Gasteiger partial charge in [0.15, 0.2) is 0 Å². The van der Waals surface area contributed by atoms with E-state index in [1.165, 1.54) is 85.3 Å². The average Bonchev–Trinajstić information content (AvgIpc) is 4.07. The molecule has 0 saturated heterocycles. The average molecular weight is 781 g/mol. The first kappa shape index (κ1) is 32.3. The van der Waals surface area contributed by atoms with E-state index < -0.39 is 0 Å². The molecule has 0 saturated carbocycles. The first-order valence-corrected chi connectivity index (χ1v) is 21.3. The molecule has 0 radical (unpaired) electrons. The van der Waals surface area contributed by atoms with Gasteiger partial charge in [0.1, 0.15) is 11.2 Å². The van der Waals surface area contributed by atoms with Crippen LogP contribution in [0.25, 0.3) is 130 Å². The second kappa shape index (κ2) is 12.0.